The van der Waals surface area contributed by atoms with Crippen molar-refractivity contribution in [1.29, 1.82) is 0 Å². The standard InChI is InChI=1S/C4H5F/c5-4-2-1-3-4/h1-2,4H,3H2/t4-/m1/s1. The summed E-state index contributed by atoms with van der Waals surface area (Å²) in [6.07, 6.45) is 3.40. The molecule has 0 aromatic carbocycles. The Labute approximate surface area is 30.3 Å². The fourth-order valence-corrected chi connectivity index (χ4v) is 0.239. The summed E-state index contributed by atoms with van der Waals surface area (Å²) < 4.78 is 11.4. The maximum absolute atomic E-state index is 11.4. The Morgan fingerprint density at radius 3 is 2.20 bits per heavy atom. The number of hydrogen-bond donors (Lipinski definition) is 0. The third kappa shape index (κ3) is 0.318. The maximum atomic E-state index is 11.4. The van der Waals surface area contributed by atoms with Crippen molar-refractivity contribution in [2.45, 2.75) is 12.6 Å². The van der Waals surface area contributed by atoms with E-state index in [0.29, 0.717) is 6.42 Å². The van der Waals surface area contributed by atoms with Crippen molar-refractivity contribution in [3.8, 4) is 0 Å². The summed E-state index contributed by atoms with van der Waals surface area (Å²) in [4.78, 5) is 0. The van der Waals surface area contributed by atoms with E-state index in [1.165, 1.54) is 0 Å². The van der Waals surface area contributed by atoms with Gasteiger partial charge in [0.2, 0.25) is 0 Å². The SMILES string of the molecule is F[C@@H]1C=CC1. The minimum absolute atomic E-state index is 0.616. The molecule has 28 valence electrons. The summed E-state index contributed by atoms with van der Waals surface area (Å²) in [7, 11) is 0. The molecule has 0 heterocycles. The van der Waals surface area contributed by atoms with Crippen LogP contribution in [-0.4, -0.2) is 6.17 Å². The Morgan fingerprint density at radius 1 is 1.80 bits per heavy atom. The molecule has 0 aliphatic heterocycles. The van der Waals surface area contributed by atoms with E-state index in [1.807, 2.05) is 6.08 Å². The van der Waals surface area contributed by atoms with Gasteiger partial charge in [0, 0.05) is 6.42 Å². The van der Waals surface area contributed by atoms with Crippen LogP contribution in [0.3, 0.4) is 0 Å². The van der Waals surface area contributed by atoms with Crippen LogP contribution in [0.4, 0.5) is 4.39 Å². The first-order valence-electron chi connectivity index (χ1n) is 1.70. The molecule has 1 atom stereocenters. The van der Waals surface area contributed by atoms with Crippen molar-refractivity contribution < 1.29 is 4.39 Å². The molecule has 0 bridgehead atoms. The molecule has 1 rings (SSSR count). The Bertz CT molecular complexity index is 56.7. The van der Waals surface area contributed by atoms with E-state index in [1.54, 1.807) is 6.08 Å². The smallest absolute Gasteiger partial charge is 0.122 e. The molecule has 5 heavy (non-hydrogen) atoms. The number of hydrogen-bond acceptors (Lipinski definition) is 0. The maximum Gasteiger partial charge on any atom is 0.122 e. The van der Waals surface area contributed by atoms with E-state index in [2.05, 4.69) is 0 Å². The van der Waals surface area contributed by atoms with Crippen LogP contribution in [0.15, 0.2) is 12.2 Å². The lowest BCUT2D eigenvalue weighted by molar-refractivity contribution is 0.379. The predicted octanol–water partition coefficient (Wildman–Crippen LogP) is 1.28. The lowest BCUT2D eigenvalue weighted by atomic mass is 10.1. The predicted molar refractivity (Wildman–Crippen MR) is 18.7 cm³/mol. The van der Waals surface area contributed by atoms with Crippen LogP contribution in [0.5, 0.6) is 0 Å². The fourth-order valence-electron chi connectivity index (χ4n) is 0.239. The molecule has 0 fully saturated rings. The van der Waals surface area contributed by atoms with E-state index >= 15 is 0 Å². The minimum Gasteiger partial charge on any atom is -0.243 e. The Morgan fingerprint density at radius 2 is 2.20 bits per heavy atom. The highest BCUT2D eigenvalue weighted by molar-refractivity contribution is 5.02. The Hall–Kier alpha value is -0.330. The molecule has 1 aliphatic carbocycles. The van der Waals surface area contributed by atoms with Crippen molar-refractivity contribution in [2.75, 3.05) is 0 Å². The number of alkyl halides is 1. The van der Waals surface area contributed by atoms with Gasteiger partial charge in [0.05, 0.1) is 0 Å². The first kappa shape index (κ1) is 2.88. The van der Waals surface area contributed by atoms with E-state index in [4.69, 9.17) is 0 Å². The van der Waals surface area contributed by atoms with Crippen LogP contribution in [0.1, 0.15) is 6.42 Å². The quantitative estimate of drug-likeness (QED) is 0.378. The normalized spacial score (nSPS) is 33.4. The van der Waals surface area contributed by atoms with Crippen molar-refractivity contribution in [3.63, 3.8) is 0 Å². The monoisotopic (exact) mass is 72.0 g/mol. The van der Waals surface area contributed by atoms with Crippen molar-refractivity contribution in [1.82, 2.24) is 0 Å². The Kier molecular flexibility index (Phi) is 0.469. The van der Waals surface area contributed by atoms with Crippen LogP contribution >= 0.6 is 0 Å². The van der Waals surface area contributed by atoms with Crippen LogP contribution in [0, 0.1) is 0 Å². The number of allylic oxidation sites excluding steroid dienone is 2. The number of rotatable bonds is 0. The second-order valence-corrected chi connectivity index (χ2v) is 1.18. The van der Waals surface area contributed by atoms with E-state index in [9.17, 15) is 4.39 Å². The molecular formula is C4H5F. The fraction of sp³-hybridized carbons (Fsp3) is 0.500. The zero-order valence-electron chi connectivity index (χ0n) is 2.82. The topological polar surface area (TPSA) is 0 Å². The zero-order valence-corrected chi connectivity index (χ0v) is 2.82. The molecule has 1 heteroatoms. The Balaban J connectivity index is 2.39. The van der Waals surface area contributed by atoms with E-state index in [-0.39, 0.29) is 0 Å². The first-order valence-corrected chi connectivity index (χ1v) is 1.70. The van der Waals surface area contributed by atoms with Gasteiger partial charge in [0.15, 0.2) is 0 Å². The molecule has 0 nitrogen and oxygen atoms in total. The highest BCUT2D eigenvalue weighted by Crippen LogP contribution is 2.09. The van der Waals surface area contributed by atoms with Crippen molar-refractivity contribution in [3.05, 3.63) is 12.2 Å². The van der Waals surface area contributed by atoms with E-state index in [0.717, 1.165) is 0 Å². The summed E-state index contributed by atoms with van der Waals surface area (Å²) in [5, 5.41) is 0. The van der Waals surface area contributed by atoms with Crippen LogP contribution in [-0.2, 0) is 0 Å². The lowest BCUT2D eigenvalue weighted by Crippen LogP contribution is -1.99. The summed E-state index contributed by atoms with van der Waals surface area (Å²) in [6, 6.07) is 0. The van der Waals surface area contributed by atoms with Crippen LogP contribution in [0.2, 0.25) is 0 Å². The van der Waals surface area contributed by atoms with Gasteiger partial charge in [0.25, 0.3) is 0 Å². The second kappa shape index (κ2) is 0.814. The molecule has 0 aromatic rings. The van der Waals surface area contributed by atoms with Crippen LogP contribution < -0.4 is 0 Å². The molecule has 0 spiro atoms. The molecule has 1 aliphatic rings. The molecule has 0 radical (unpaired) electrons. The van der Waals surface area contributed by atoms with Crippen LogP contribution in [0.25, 0.3) is 0 Å². The lowest BCUT2D eigenvalue weighted by Gasteiger charge is -2.03. The summed E-state index contributed by atoms with van der Waals surface area (Å²) >= 11 is 0. The number of halogens is 1. The molecule has 0 saturated carbocycles. The average molecular weight is 72.1 g/mol. The van der Waals surface area contributed by atoms with Gasteiger partial charge in [-0.3, -0.25) is 0 Å². The average Bonchev–Trinajstić information content (AvgIpc) is 1.30. The van der Waals surface area contributed by atoms with Gasteiger partial charge in [-0.25, -0.2) is 4.39 Å². The summed E-state index contributed by atoms with van der Waals surface area (Å²) in [6.45, 7) is 0. The molecule has 0 amide bonds. The molecular weight excluding hydrogens is 67.0 g/mol. The summed E-state index contributed by atoms with van der Waals surface area (Å²) in [5.41, 5.74) is 0. The van der Waals surface area contributed by atoms with Gasteiger partial charge in [0.1, 0.15) is 6.17 Å². The van der Waals surface area contributed by atoms with E-state index < -0.39 is 6.17 Å². The van der Waals surface area contributed by atoms with Crippen molar-refractivity contribution >= 4 is 0 Å². The zero-order chi connectivity index (χ0) is 3.70. The third-order valence-corrected chi connectivity index (χ3v) is 0.706. The van der Waals surface area contributed by atoms with Crippen molar-refractivity contribution in [2.24, 2.45) is 0 Å². The summed E-state index contributed by atoms with van der Waals surface area (Å²) in [5.74, 6) is 0. The van der Waals surface area contributed by atoms with Gasteiger partial charge in [-0.1, -0.05) is 12.2 Å². The van der Waals surface area contributed by atoms with Gasteiger partial charge >= 0.3 is 0 Å². The molecule has 0 aromatic heterocycles. The van der Waals surface area contributed by atoms with Gasteiger partial charge in [-0.05, 0) is 0 Å². The first-order chi connectivity index (χ1) is 2.39. The highest BCUT2D eigenvalue weighted by Gasteiger charge is 2.03. The van der Waals surface area contributed by atoms with Gasteiger partial charge in [-0.2, -0.15) is 0 Å². The third-order valence-electron chi connectivity index (χ3n) is 0.706. The molecule has 0 saturated heterocycles. The van der Waals surface area contributed by atoms with Gasteiger partial charge in [-0.15, -0.1) is 0 Å². The van der Waals surface area contributed by atoms with Gasteiger partial charge < -0.3 is 0 Å². The minimum atomic E-state index is -0.616. The highest BCUT2D eigenvalue weighted by atomic mass is 19.1. The largest absolute Gasteiger partial charge is 0.243 e. The molecule has 0 N–H and O–H groups in total. The molecule has 0 unspecified atom stereocenters. The second-order valence-electron chi connectivity index (χ2n) is 1.18.